The molecule has 100 heavy (non-hydrogen) atoms. The van der Waals surface area contributed by atoms with E-state index in [1.807, 2.05) is 12.2 Å². The summed E-state index contributed by atoms with van der Waals surface area (Å²) in [5.74, 6) is -2.24. The number of phosphoric ester groups is 2. The number of hydrogen-bond acceptors (Lipinski definition) is 15. The molecular formula is C81H144O17P2. The molecule has 580 valence electrons. The SMILES string of the molecule is CCCCC/C=C\C/C=C\C/C=C\C/C=C\CCCC(=O)O[C@H](COC(=O)CCCCCCC/C=C\CCCCCCCC)COP(=O)(O)OC[C@H](O)COP(=O)(O)OC[C@@H](COC(=O)CCCCCCC/C=C\C/C=C\CCCCC)OC(=O)CCCCCCCCCCCCCCC. The third kappa shape index (κ3) is 72.6. The molecule has 0 aliphatic heterocycles. The molecular weight excluding hydrogens is 1310 g/mol. The summed E-state index contributed by atoms with van der Waals surface area (Å²) < 4.78 is 68.5. The quantitative estimate of drug-likeness (QED) is 0.0169. The largest absolute Gasteiger partial charge is 0.472 e. The lowest BCUT2D eigenvalue weighted by Gasteiger charge is -2.21. The van der Waals surface area contributed by atoms with Crippen molar-refractivity contribution < 1.29 is 80.2 Å². The lowest BCUT2D eigenvalue weighted by Crippen LogP contribution is -2.30. The Labute approximate surface area is 608 Å². The van der Waals surface area contributed by atoms with Crippen LogP contribution in [0.3, 0.4) is 0 Å². The zero-order chi connectivity index (χ0) is 73.2. The first-order valence-corrected chi connectivity index (χ1v) is 42.8. The van der Waals surface area contributed by atoms with Gasteiger partial charge in [0.25, 0.3) is 0 Å². The van der Waals surface area contributed by atoms with Crippen LogP contribution < -0.4 is 0 Å². The van der Waals surface area contributed by atoms with Gasteiger partial charge in [-0.15, -0.1) is 0 Å². The summed E-state index contributed by atoms with van der Waals surface area (Å²) in [6.07, 6.45) is 75.7. The van der Waals surface area contributed by atoms with Crippen LogP contribution in [0.25, 0.3) is 0 Å². The van der Waals surface area contributed by atoms with Crippen LogP contribution in [0.2, 0.25) is 0 Å². The van der Waals surface area contributed by atoms with E-state index in [0.717, 1.165) is 135 Å². The van der Waals surface area contributed by atoms with Crippen molar-refractivity contribution in [1.82, 2.24) is 0 Å². The Morgan fingerprint density at radius 3 is 0.820 bits per heavy atom. The summed E-state index contributed by atoms with van der Waals surface area (Å²) in [5.41, 5.74) is 0. The number of rotatable bonds is 75. The van der Waals surface area contributed by atoms with Gasteiger partial charge in [0.15, 0.2) is 12.2 Å². The molecule has 0 rings (SSSR count). The van der Waals surface area contributed by atoms with Crippen LogP contribution in [0, 0.1) is 0 Å². The van der Waals surface area contributed by atoms with E-state index >= 15 is 0 Å². The van der Waals surface area contributed by atoms with E-state index in [1.165, 1.54) is 128 Å². The van der Waals surface area contributed by atoms with E-state index in [4.69, 9.17) is 37.0 Å². The molecule has 0 saturated heterocycles. The highest BCUT2D eigenvalue weighted by atomic mass is 31.2. The molecule has 5 atom stereocenters. The minimum atomic E-state index is -4.99. The highest BCUT2D eigenvalue weighted by Crippen LogP contribution is 2.45. The van der Waals surface area contributed by atoms with Crippen molar-refractivity contribution in [3.8, 4) is 0 Å². The lowest BCUT2D eigenvalue weighted by atomic mass is 10.0. The Hall–Kier alpha value is -3.76. The number of esters is 4. The second-order valence-corrected chi connectivity index (χ2v) is 29.6. The van der Waals surface area contributed by atoms with Gasteiger partial charge in [-0.3, -0.25) is 37.3 Å². The van der Waals surface area contributed by atoms with Crippen molar-refractivity contribution in [3.05, 3.63) is 85.1 Å². The molecule has 0 aliphatic rings. The van der Waals surface area contributed by atoms with Crippen LogP contribution in [0.15, 0.2) is 85.1 Å². The van der Waals surface area contributed by atoms with Gasteiger partial charge in [-0.2, -0.15) is 0 Å². The fourth-order valence-electron chi connectivity index (χ4n) is 10.7. The molecule has 0 aromatic heterocycles. The summed E-state index contributed by atoms with van der Waals surface area (Å²) in [5, 5.41) is 10.6. The first-order chi connectivity index (χ1) is 48.7. The molecule has 0 aliphatic carbocycles. The van der Waals surface area contributed by atoms with Crippen molar-refractivity contribution >= 4 is 39.5 Å². The van der Waals surface area contributed by atoms with Gasteiger partial charge in [-0.05, 0) is 122 Å². The van der Waals surface area contributed by atoms with Gasteiger partial charge in [-0.1, -0.05) is 286 Å². The summed E-state index contributed by atoms with van der Waals surface area (Å²) in [4.78, 5) is 72.9. The topological polar surface area (TPSA) is 237 Å². The molecule has 17 nitrogen and oxygen atoms in total. The third-order valence-electron chi connectivity index (χ3n) is 16.8. The number of unbranched alkanes of at least 4 members (excludes halogenated alkanes) is 35. The summed E-state index contributed by atoms with van der Waals surface area (Å²) >= 11 is 0. The van der Waals surface area contributed by atoms with E-state index in [2.05, 4.69) is 101 Å². The average Bonchev–Trinajstić information content (AvgIpc) is 0.962. The molecule has 0 amide bonds. The van der Waals surface area contributed by atoms with Gasteiger partial charge in [0.05, 0.1) is 26.4 Å². The Morgan fingerprint density at radius 2 is 0.500 bits per heavy atom. The minimum Gasteiger partial charge on any atom is -0.462 e. The summed E-state index contributed by atoms with van der Waals surface area (Å²) in [6, 6.07) is 0. The Kier molecular flexibility index (Phi) is 70.8. The van der Waals surface area contributed by atoms with Gasteiger partial charge >= 0.3 is 39.5 Å². The maximum absolute atomic E-state index is 13.1. The molecule has 0 saturated carbocycles. The van der Waals surface area contributed by atoms with Gasteiger partial charge < -0.3 is 33.8 Å². The summed E-state index contributed by atoms with van der Waals surface area (Å²) in [6.45, 7) is 4.77. The molecule has 0 radical (unpaired) electrons. The Balaban J connectivity index is 5.40. The zero-order valence-electron chi connectivity index (χ0n) is 63.4. The van der Waals surface area contributed by atoms with E-state index in [1.54, 1.807) is 0 Å². The van der Waals surface area contributed by atoms with Crippen LogP contribution in [-0.2, 0) is 65.4 Å². The second-order valence-electron chi connectivity index (χ2n) is 26.7. The number of carbonyl (C=O) groups is 4. The molecule has 19 heteroatoms. The number of ether oxygens (including phenoxy) is 4. The highest BCUT2D eigenvalue weighted by Gasteiger charge is 2.30. The second kappa shape index (κ2) is 73.5. The predicted octanol–water partition coefficient (Wildman–Crippen LogP) is 23.0. The van der Waals surface area contributed by atoms with E-state index < -0.39 is 97.5 Å². The molecule has 0 fully saturated rings. The average molecular weight is 1450 g/mol. The smallest absolute Gasteiger partial charge is 0.462 e. The molecule has 2 unspecified atom stereocenters. The van der Waals surface area contributed by atoms with Crippen molar-refractivity contribution in [3.63, 3.8) is 0 Å². The number of carbonyl (C=O) groups excluding carboxylic acids is 4. The fraction of sp³-hybridized carbons (Fsp3) is 0.778. The van der Waals surface area contributed by atoms with Gasteiger partial charge in [-0.25, -0.2) is 9.13 Å². The highest BCUT2D eigenvalue weighted by molar-refractivity contribution is 7.47. The Bertz CT molecular complexity index is 2230. The third-order valence-corrected chi connectivity index (χ3v) is 18.7. The Morgan fingerprint density at radius 1 is 0.280 bits per heavy atom. The number of hydrogen-bond donors (Lipinski definition) is 3. The maximum Gasteiger partial charge on any atom is 0.472 e. The maximum atomic E-state index is 13.1. The van der Waals surface area contributed by atoms with Crippen LogP contribution in [0.1, 0.15) is 349 Å². The van der Waals surface area contributed by atoms with Gasteiger partial charge in [0.1, 0.15) is 19.3 Å². The van der Waals surface area contributed by atoms with Gasteiger partial charge in [0.2, 0.25) is 0 Å². The normalized spacial score (nSPS) is 14.3. The number of aliphatic hydroxyl groups excluding tert-OH is 1. The fourth-order valence-corrected chi connectivity index (χ4v) is 12.3. The van der Waals surface area contributed by atoms with Crippen LogP contribution in [0.5, 0.6) is 0 Å². The van der Waals surface area contributed by atoms with Crippen LogP contribution in [-0.4, -0.2) is 96.7 Å². The standard InChI is InChI=1S/C81H144O17P2/c1-5-9-13-17-21-25-29-33-36-37-40-44-48-52-56-60-64-68-81(86)98-77(72-92-79(84)66-62-58-54-50-46-43-39-35-31-27-23-19-15-11-7-3)74-96-100(89,90)94-70-75(82)69-93-99(87,88)95-73-76(97-80(85)67-63-59-55-51-47-41-32-28-24-20-16-12-8-4)71-91-78(83)65-61-57-53-49-45-42-38-34-30-26-22-18-14-10-6-2/h21-22,25-26,33-36,38-40,44,52,56,75-77,82H,5-20,23-24,27-32,37,41-43,45-51,53-55,57-74H2,1-4H3,(H,87,88)(H,89,90)/b25-21-,26-22-,36-33-,38-34-,39-35-,44-40-,56-52-/t75-,76-,77-/m1/s1. The monoisotopic (exact) mass is 1450 g/mol. The van der Waals surface area contributed by atoms with E-state index in [-0.39, 0.29) is 25.7 Å². The van der Waals surface area contributed by atoms with E-state index in [0.29, 0.717) is 32.1 Å². The first kappa shape index (κ1) is 96.2. The number of phosphoric acid groups is 2. The van der Waals surface area contributed by atoms with Crippen molar-refractivity contribution in [2.75, 3.05) is 39.6 Å². The van der Waals surface area contributed by atoms with Gasteiger partial charge in [0, 0.05) is 25.7 Å². The lowest BCUT2D eigenvalue weighted by molar-refractivity contribution is -0.161. The van der Waals surface area contributed by atoms with Crippen molar-refractivity contribution in [1.29, 1.82) is 0 Å². The van der Waals surface area contributed by atoms with Crippen LogP contribution in [0.4, 0.5) is 0 Å². The predicted molar refractivity (Wildman–Crippen MR) is 409 cm³/mol. The molecule has 3 N–H and O–H groups in total. The molecule has 0 aromatic carbocycles. The van der Waals surface area contributed by atoms with Crippen LogP contribution >= 0.6 is 15.6 Å². The number of allylic oxidation sites excluding steroid dienone is 14. The first-order valence-electron chi connectivity index (χ1n) is 39.8. The van der Waals surface area contributed by atoms with E-state index in [9.17, 15) is 43.2 Å². The van der Waals surface area contributed by atoms with Crippen molar-refractivity contribution in [2.24, 2.45) is 0 Å². The van der Waals surface area contributed by atoms with Crippen molar-refractivity contribution in [2.45, 2.75) is 367 Å². The zero-order valence-corrected chi connectivity index (χ0v) is 65.2. The minimum absolute atomic E-state index is 0.0191. The molecule has 0 aromatic rings. The summed E-state index contributed by atoms with van der Waals surface area (Å²) in [7, 11) is -9.97. The molecule has 0 bridgehead atoms. The molecule has 0 heterocycles. The number of aliphatic hydroxyl groups is 1. The molecule has 0 spiro atoms.